The van der Waals surface area contributed by atoms with E-state index in [1.807, 2.05) is 31.2 Å². The summed E-state index contributed by atoms with van der Waals surface area (Å²) in [6.07, 6.45) is 4.38. The minimum atomic E-state index is -3.68. The smallest absolute Gasteiger partial charge is 0.243 e. The molecule has 1 aliphatic heterocycles. The van der Waals surface area contributed by atoms with Gasteiger partial charge in [0.2, 0.25) is 15.9 Å². The normalized spacial score (nSPS) is 17.9. The molecule has 1 N–H and O–H groups in total. The van der Waals surface area contributed by atoms with Crippen LogP contribution in [-0.2, 0) is 14.8 Å². The summed E-state index contributed by atoms with van der Waals surface area (Å²) in [6, 6.07) is 13.8. The molecule has 10 heteroatoms. The molecule has 0 bridgehead atoms. The third kappa shape index (κ3) is 5.07. The van der Waals surface area contributed by atoms with Crippen LogP contribution >= 0.6 is 0 Å². The third-order valence-corrected chi connectivity index (χ3v) is 7.77. The van der Waals surface area contributed by atoms with Gasteiger partial charge in [0.05, 0.1) is 29.7 Å². The highest BCUT2D eigenvalue weighted by Crippen LogP contribution is 2.26. The molecule has 3 aromatic rings. The zero-order valence-corrected chi connectivity index (χ0v) is 19.4. The fraction of sp³-hybridized carbons (Fsp3) is 0.348. The van der Waals surface area contributed by atoms with E-state index in [9.17, 15) is 13.2 Å². The summed E-state index contributed by atoms with van der Waals surface area (Å²) in [5.41, 5.74) is 1.83. The molecule has 1 saturated heterocycles. The number of hydrogen-bond donors (Lipinski definition) is 1. The van der Waals surface area contributed by atoms with Gasteiger partial charge >= 0.3 is 0 Å². The van der Waals surface area contributed by atoms with Crippen molar-refractivity contribution >= 4 is 15.9 Å². The van der Waals surface area contributed by atoms with Crippen LogP contribution in [0.4, 0.5) is 0 Å². The van der Waals surface area contributed by atoms with Crippen molar-refractivity contribution in [2.75, 3.05) is 20.2 Å². The maximum Gasteiger partial charge on any atom is 0.243 e. The number of hydrogen-bond acceptors (Lipinski definition) is 6. The Hall–Kier alpha value is -3.24. The first-order chi connectivity index (χ1) is 15.9. The zero-order chi connectivity index (χ0) is 23.4. The van der Waals surface area contributed by atoms with Crippen molar-refractivity contribution in [1.29, 1.82) is 0 Å². The van der Waals surface area contributed by atoms with E-state index < -0.39 is 15.9 Å². The summed E-state index contributed by atoms with van der Waals surface area (Å²) >= 11 is 0. The lowest BCUT2D eigenvalue weighted by molar-refractivity contribution is -0.126. The van der Waals surface area contributed by atoms with Gasteiger partial charge < -0.3 is 10.1 Å². The topological polar surface area (TPSA) is 106 Å². The fourth-order valence-corrected chi connectivity index (χ4v) is 5.47. The van der Waals surface area contributed by atoms with Gasteiger partial charge in [-0.25, -0.2) is 18.1 Å². The van der Waals surface area contributed by atoms with Crippen LogP contribution in [0, 0.1) is 5.92 Å². The summed E-state index contributed by atoms with van der Waals surface area (Å²) in [6.45, 7) is 2.48. The Morgan fingerprint density at radius 1 is 1.15 bits per heavy atom. The molecule has 0 saturated carbocycles. The number of piperidine rings is 1. The van der Waals surface area contributed by atoms with Crippen molar-refractivity contribution in [3.8, 4) is 11.4 Å². The van der Waals surface area contributed by atoms with Crippen LogP contribution in [0.25, 0.3) is 5.69 Å². The number of carbonyl (C=O) groups excluding carboxylic acids is 1. The van der Waals surface area contributed by atoms with E-state index >= 15 is 0 Å². The summed E-state index contributed by atoms with van der Waals surface area (Å²) in [7, 11) is -2.14. The SMILES string of the molecule is COc1ccc(S(=O)(=O)N2CCC[C@H](C(=O)N[C@@H](C)c3ccc(-n4cncn4)cc3)C2)cc1. The lowest BCUT2D eigenvalue weighted by atomic mass is 9.98. The van der Waals surface area contributed by atoms with Crippen LogP contribution in [0.3, 0.4) is 0 Å². The first-order valence-electron chi connectivity index (χ1n) is 10.8. The molecule has 1 fully saturated rings. The van der Waals surface area contributed by atoms with E-state index in [0.29, 0.717) is 25.1 Å². The van der Waals surface area contributed by atoms with E-state index in [1.54, 1.807) is 23.1 Å². The van der Waals surface area contributed by atoms with Crippen LogP contribution in [0.15, 0.2) is 66.1 Å². The molecule has 0 unspecified atom stereocenters. The van der Waals surface area contributed by atoms with Crippen LogP contribution in [0.5, 0.6) is 5.75 Å². The van der Waals surface area contributed by atoms with Crippen LogP contribution in [0.2, 0.25) is 0 Å². The molecular formula is C23H27N5O4S. The number of rotatable bonds is 7. The van der Waals surface area contributed by atoms with Gasteiger partial charge in [0, 0.05) is 13.1 Å². The number of nitrogens with zero attached hydrogens (tertiary/aromatic N) is 4. The Kier molecular flexibility index (Phi) is 6.75. The minimum absolute atomic E-state index is 0.141. The van der Waals surface area contributed by atoms with E-state index in [4.69, 9.17) is 4.74 Å². The Bertz CT molecular complexity index is 1180. The van der Waals surface area contributed by atoms with Crippen molar-refractivity contribution in [3.63, 3.8) is 0 Å². The van der Waals surface area contributed by atoms with Gasteiger partial charge in [0.1, 0.15) is 18.4 Å². The van der Waals surface area contributed by atoms with Crippen molar-refractivity contribution in [3.05, 3.63) is 66.7 Å². The monoisotopic (exact) mass is 469 g/mol. The number of benzene rings is 2. The molecule has 2 heterocycles. The van der Waals surface area contributed by atoms with Crippen molar-refractivity contribution in [1.82, 2.24) is 24.4 Å². The van der Waals surface area contributed by atoms with Gasteiger partial charge in [-0.1, -0.05) is 12.1 Å². The largest absolute Gasteiger partial charge is 0.497 e. The summed E-state index contributed by atoms with van der Waals surface area (Å²) in [4.78, 5) is 17.1. The molecule has 1 aliphatic rings. The molecule has 2 aromatic carbocycles. The quantitative estimate of drug-likeness (QED) is 0.570. The van der Waals surface area contributed by atoms with Crippen molar-refractivity contribution in [2.45, 2.75) is 30.7 Å². The Morgan fingerprint density at radius 3 is 2.52 bits per heavy atom. The van der Waals surface area contributed by atoms with Gasteiger partial charge in [-0.15, -0.1) is 0 Å². The second-order valence-electron chi connectivity index (χ2n) is 8.04. The Balaban J connectivity index is 1.39. The number of ether oxygens (including phenoxy) is 1. The number of amides is 1. The fourth-order valence-electron chi connectivity index (χ4n) is 3.94. The molecular weight excluding hydrogens is 442 g/mol. The second kappa shape index (κ2) is 9.72. The van der Waals surface area contributed by atoms with Gasteiger partial charge in [0.25, 0.3) is 0 Å². The first kappa shape index (κ1) is 22.9. The Labute approximate surface area is 193 Å². The third-order valence-electron chi connectivity index (χ3n) is 5.89. The number of sulfonamides is 1. The number of carbonyl (C=O) groups is 1. The van der Waals surface area contributed by atoms with Gasteiger partial charge in [-0.05, 0) is 61.7 Å². The minimum Gasteiger partial charge on any atom is -0.497 e. The van der Waals surface area contributed by atoms with Gasteiger partial charge in [-0.3, -0.25) is 4.79 Å². The van der Waals surface area contributed by atoms with E-state index in [-0.39, 0.29) is 23.4 Å². The van der Waals surface area contributed by atoms with Gasteiger partial charge in [0.15, 0.2) is 0 Å². The Morgan fingerprint density at radius 2 is 1.88 bits per heavy atom. The number of nitrogens with one attached hydrogen (secondary N) is 1. The molecule has 174 valence electrons. The molecule has 0 spiro atoms. The molecule has 0 radical (unpaired) electrons. The highest BCUT2D eigenvalue weighted by atomic mass is 32.2. The first-order valence-corrected chi connectivity index (χ1v) is 12.2. The maximum absolute atomic E-state index is 13.1. The molecule has 9 nitrogen and oxygen atoms in total. The van der Waals surface area contributed by atoms with E-state index in [1.165, 1.54) is 29.9 Å². The predicted molar refractivity (Wildman–Crippen MR) is 122 cm³/mol. The number of methoxy groups -OCH3 is 1. The lowest BCUT2D eigenvalue weighted by Gasteiger charge is -2.32. The zero-order valence-electron chi connectivity index (χ0n) is 18.6. The second-order valence-corrected chi connectivity index (χ2v) is 9.98. The van der Waals surface area contributed by atoms with Crippen molar-refractivity contribution < 1.29 is 17.9 Å². The molecule has 1 amide bonds. The lowest BCUT2D eigenvalue weighted by Crippen LogP contribution is -2.45. The van der Waals surface area contributed by atoms with E-state index in [0.717, 1.165) is 11.3 Å². The molecule has 4 rings (SSSR count). The standard InChI is InChI=1S/C23H27N5O4S/c1-17(18-5-7-20(8-6-18)28-16-24-15-25-28)26-23(29)19-4-3-13-27(14-19)33(30,31)22-11-9-21(32-2)10-12-22/h5-12,15-17,19H,3-4,13-14H2,1-2H3,(H,26,29)/t17-,19-/m0/s1. The average molecular weight is 470 g/mol. The summed E-state index contributed by atoms with van der Waals surface area (Å²) in [5, 5.41) is 7.14. The van der Waals surface area contributed by atoms with Gasteiger partial charge in [-0.2, -0.15) is 9.40 Å². The highest BCUT2D eigenvalue weighted by molar-refractivity contribution is 7.89. The average Bonchev–Trinajstić information content (AvgIpc) is 3.39. The molecule has 0 aliphatic carbocycles. The van der Waals surface area contributed by atoms with Crippen LogP contribution < -0.4 is 10.1 Å². The molecule has 33 heavy (non-hydrogen) atoms. The predicted octanol–water partition coefficient (Wildman–Crippen LogP) is 2.55. The van der Waals surface area contributed by atoms with Crippen LogP contribution in [0.1, 0.15) is 31.4 Å². The van der Waals surface area contributed by atoms with E-state index in [2.05, 4.69) is 15.4 Å². The summed E-state index contributed by atoms with van der Waals surface area (Å²) < 4.78 is 34.3. The number of aromatic nitrogens is 3. The molecule has 2 atom stereocenters. The summed E-state index contributed by atoms with van der Waals surface area (Å²) in [5.74, 6) is 0.0503. The highest BCUT2D eigenvalue weighted by Gasteiger charge is 2.33. The molecule has 1 aromatic heterocycles. The van der Waals surface area contributed by atoms with Crippen LogP contribution in [-0.4, -0.2) is 53.6 Å². The van der Waals surface area contributed by atoms with Crippen molar-refractivity contribution in [2.24, 2.45) is 5.92 Å². The maximum atomic E-state index is 13.1.